The highest BCUT2D eigenvalue weighted by Crippen LogP contribution is 2.28. The van der Waals surface area contributed by atoms with Gasteiger partial charge in [0.15, 0.2) is 0 Å². The second kappa shape index (κ2) is 5.93. The van der Waals surface area contributed by atoms with Crippen molar-refractivity contribution in [2.75, 3.05) is 0 Å². The summed E-state index contributed by atoms with van der Waals surface area (Å²) in [5, 5.41) is 9.71. The Morgan fingerprint density at radius 3 is 2.55 bits per heavy atom. The molecule has 20 heavy (non-hydrogen) atoms. The second-order valence-electron chi connectivity index (χ2n) is 4.72. The van der Waals surface area contributed by atoms with Gasteiger partial charge in [-0.3, -0.25) is 0 Å². The summed E-state index contributed by atoms with van der Waals surface area (Å²) in [6.07, 6.45) is 1.23. The van der Waals surface area contributed by atoms with Gasteiger partial charge in [-0.05, 0) is 48.2 Å². The first-order chi connectivity index (χ1) is 9.47. The molecule has 2 aromatic rings. The minimum atomic E-state index is -0.971. The summed E-state index contributed by atoms with van der Waals surface area (Å²) >= 11 is 6.01. The second-order valence-corrected chi connectivity index (χ2v) is 5.16. The SMILES string of the molecule is Cc1ccc(C)c(/C(=C/C(=O)O)c2cccc(Cl)c2)c1. The molecule has 0 unspecified atom stereocenters. The monoisotopic (exact) mass is 286 g/mol. The Morgan fingerprint density at radius 1 is 1.15 bits per heavy atom. The predicted molar refractivity (Wildman–Crippen MR) is 82.1 cm³/mol. The summed E-state index contributed by atoms with van der Waals surface area (Å²) in [5.74, 6) is -0.971. The van der Waals surface area contributed by atoms with E-state index in [0.717, 1.165) is 22.3 Å². The maximum atomic E-state index is 11.1. The summed E-state index contributed by atoms with van der Waals surface area (Å²) in [4.78, 5) is 11.1. The third-order valence-electron chi connectivity index (χ3n) is 3.09. The van der Waals surface area contributed by atoms with E-state index in [4.69, 9.17) is 16.7 Å². The molecule has 0 radical (unpaired) electrons. The Labute approximate surface area is 123 Å². The van der Waals surface area contributed by atoms with E-state index < -0.39 is 5.97 Å². The fourth-order valence-corrected chi connectivity index (χ4v) is 2.31. The van der Waals surface area contributed by atoms with Gasteiger partial charge in [-0.2, -0.15) is 0 Å². The van der Waals surface area contributed by atoms with Gasteiger partial charge in [0, 0.05) is 11.1 Å². The van der Waals surface area contributed by atoms with Crippen LogP contribution in [0.4, 0.5) is 0 Å². The maximum absolute atomic E-state index is 11.1. The van der Waals surface area contributed by atoms with Crippen LogP contribution in [0.3, 0.4) is 0 Å². The molecule has 0 amide bonds. The topological polar surface area (TPSA) is 37.3 Å². The van der Waals surface area contributed by atoms with Gasteiger partial charge in [0.25, 0.3) is 0 Å². The number of carboxylic acid groups (broad SMARTS) is 1. The zero-order valence-corrected chi connectivity index (χ0v) is 12.1. The molecule has 0 saturated heterocycles. The van der Waals surface area contributed by atoms with Crippen molar-refractivity contribution in [2.24, 2.45) is 0 Å². The molecule has 2 rings (SSSR count). The van der Waals surface area contributed by atoms with E-state index in [1.54, 1.807) is 12.1 Å². The highest BCUT2D eigenvalue weighted by Gasteiger charge is 2.10. The van der Waals surface area contributed by atoms with Crippen LogP contribution in [0.25, 0.3) is 5.57 Å². The van der Waals surface area contributed by atoms with Gasteiger partial charge in [-0.15, -0.1) is 0 Å². The fourth-order valence-electron chi connectivity index (χ4n) is 2.12. The van der Waals surface area contributed by atoms with Crippen molar-refractivity contribution in [3.63, 3.8) is 0 Å². The van der Waals surface area contributed by atoms with Crippen LogP contribution in [0.1, 0.15) is 22.3 Å². The molecule has 0 saturated carbocycles. The van der Waals surface area contributed by atoms with E-state index in [9.17, 15) is 4.79 Å². The lowest BCUT2D eigenvalue weighted by atomic mass is 9.93. The van der Waals surface area contributed by atoms with Gasteiger partial charge in [-0.1, -0.05) is 47.5 Å². The van der Waals surface area contributed by atoms with Crippen LogP contribution in [-0.2, 0) is 4.79 Å². The molecule has 102 valence electrons. The summed E-state index contributed by atoms with van der Waals surface area (Å²) in [6.45, 7) is 3.95. The zero-order valence-electron chi connectivity index (χ0n) is 11.4. The molecule has 0 bridgehead atoms. The lowest BCUT2D eigenvalue weighted by Gasteiger charge is -2.12. The van der Waals surface area contributed by atoms with Crippen LogP contribution in [-0.4, -0.2) is 11.1 Å². The number of carbonyl (C=O) groups is 1. The highest BCUT2D eigenvalue weighted by molar-refractivity contribution is 6.30. The van der Waals surface area contributed by atoms with Gasteiger partial charge < -0.3 is 5.11 Å². The Balaban J connectivity index is 2.65. The van der Waals surface area contributed by atoms with Crippen LogP contribution >= 0.6 is 11.6 Å². The zero-order chi connectivity index (χ0) is 14.7. The van der Waals surface area contributed by atoms with E-state index in [1.807, 2.05) is 44.2 Å². The van der Waals surface area contributed by atoms with E-state index in [0.29, 0.717) is 10.6 Å². The molecule has 0 aliphatic carbocycles. The van der Waals surface area contributed by atoms with E-state index in [2.05, 4.69) is 0 Å². The third-order valence-corrected chi connectivity index (χ3v) is 3.32. The summed E-state index contributed by atoms with van der Waals surface area (Å²) < 4.78 is 0. The number of rotatable bonds is 3. The van der Waals surface area contributed by atoms with E-state index >= 15 is 0 Å². The van der Waals surface area contributed by atoms with Crippen molar-refractivity contribution in [3.8, 4) is 0 Å². The molecule has 0 fully saturated rings. The van der Waals surface area contributed by atoms with E-state index in [1.165, 1.54) is 6.08 Å². The first kappa shape index (κ1) is 14.4. The predicted octanol–water partition coefficient (Wildman–Crippen LogP) is 4.47. The smallest absolute Gasteiger partial charge is 0.328 e. The van der Waals surface area contributed by atoms with Crippen LogP contribution in [0.2, 0.25) is 5.02 Å². The number of halogens is 1. The molecule has 3 heteroatoms. The molecular formula is C17H15ClO2. The molecule has 0 aliphatic rings. The van der Waals surface area contributed by atoms with Crippen LogP contribution in [0.5, 0.6) is 0 Å². The first-order valence-corrected chi connectivity index (χ1v) is 6.63. The molecular weight excluding hydrogens is 272 g/mol. The molecule has 0 spiro atoms. The summed E-state index contributed by atoms with van der Waals surface area (Å²) in [6, 6.07) is 13.2. The van der Waals surface area contributed by atoms with Crippen molar-refractivity contribution in [1.29, 1.82) is 0 Å². The van der Waals surface area contributed by atoms with Crippen molar-refractivity contribution in [2.45, 2.75) is 13.8 Å². The number of carboxylic acids is 1. The number of hydrogen-bond acceptors (Lipinski definition) is 1. The van der Waals surface area contributed by atoms with Crippen LogP contribution in [0.15, 0.2) is 48.5 Å². The van der Waals surface area contributed by atoms with Gasteiger partial charge in [0.1, 0.15) is 0 Å². The summed E-state index contributed by atoms with van der Waals surface area (Å²) in [5.41, 5.74) is 4.50. The fraction of sp³-hybridized carbons (Fsp3) is 0.118. The van der Waals surface area contributed by atoms with Gasteiger partial charge in [-0.25, -0.2) is 4.79 Å². The van der Waals surface area contributed by atoms with Crippen molar-refractivity contribution >= 4 is 23.1 Å². The third kappa shape index (κ3) is 3.28. The molecule has 2 nitrogen and oxygen atoms in total. The minimum Gasteiger partial charge on any atom is -0.478 e. The number of hydrogen-bond donors (Lipinski definition) is 1. The number of benzene rings is 2. The molecule has 0 aliphatic heterocycles. The lowest BCUT2D eigenvalue weighted by molar-refractivity contribution is -0.131. The standard InChI is InChI=1S/C17H15ClO2/c1-11-6-7-12(2)15(8-11)16(10-17(19)20)13-4-3-5-14(18)9-13/h3-10H,1-2H3,(H,19,20)/b16-10+. The molecule has 1 N–H and O–H groups in total. The Morgan fingerprint density at radius 2 is 1.90 bits per heavy atom. The maximum Gasteiger partial charge on any atom is 0.328 e. The quantitative estimate of drug-likeness (QED) is 0.845. The van der Waals surface area contributed by atoms with Gasteiger partial charge in [0.2, 0.25) is 0 Å². The largest absolute Gasteiger partial charge is 0.478 e. The summed E-state index contributed by atoms with van der Waals surface area (Å²) in [7, 11) is 0. The minimum absolute atomic E-state index is 0.587. The Kier molecular flexibility index (Phi) is 4.26. The first-order valence-electron chi connectivity index (χ1n) is 6.25. The molecule has 2 aromatic carbocycles. The number of aliphatic carboxylic acids is 1. The normalized spacial score (nSPS) is 11.4. The average Bonchev–Trinajstić information content (AvgIpc) is 2.39. The molecule has 0 atom stereocenters. The Bertz CT molecular complexity index is 687. The average molecular weight is 287 g/mol. The lowest BCUT2D eigenvalue weighted by Crippen LogP contribution is -1.97. The van der Waals surface area contributed by atoms with Crippen molar-refractivity contribution in [1.82, 2.24) is 0 Å². The molecule has 0 aromatic heterocycles. The van der Waals surface area contributed by atoms with E-state index in [-0.39, 0.29) is 0 Å². The van der Waals surface area contributed by atoms with Crippen LogP contribution in [0, 0.1) is 13.8 Å². The number of aryl methyl sites for hydroxylation is 2. The molecule has 0 heterocycles. The van der Waals surface area contributed by atoms with Crippen molar-refractivity contribution in [3.05, 3.63) is 75.8 Å². The van der Waals surface area contributed by atoms with Gasteiger partial charge >= 0.3 is 5.97 Å². The van der Waals surface area contributed by atoms with Crippen LogP contribution < -0.4 is 0 Å². The van der Waals surface area contributed by atoms with Crippen molar-refractivity contribution < 1.29 is 9.90 Å². The Hall–Kier alpha value is -2.06. The highest BCUT2D eigenvalue weighted by atomic mass is 35.5. The van der Waals surface area contributed by atoms with Gasteiger partial charge in [0.05, 0.1) is 0 Å².